The third-order valence-electron chi connectivity index (χ3n) is 7.72. The highest BCUT2D eigenvalue weighted by atomic mass is 35.5. The van der Waals surface area contributed by atoms with Crippen molar-refractivity contribution in [3.8, 4) is 0 Å². The van der Waals surface area contributed by atoms with Crippen molar-refractivity contribution in [1.82, 2.24) is 19.5 Å². The molecule has 0 amide bonds. The van der Waals surface area contributed by atoms with E-state index in [9.17, 15) is 19.5 Å². The number of aliphatic hydroxyl groups is 2. The molecule has 2 fully saturated rings. The largest absolute Gasteiger partial charge is 0.387 e. The van der Waals surface area contributed by atoms with Crippen LogP contribution in [0.15, 0.2) is 24.5 Å². The van der Waals surface area contributed by atoms with E-state index in [2.05, 4.69) is 15.0 Å². The lowest BCUT2D eigenvalue weighted by Gasteiger charge is -2.25. The Kier molecular flexibility index (Phi) is 7.52. The molecule has 1 aliphatic carbocycles. The summed E-state index contributed by atoms with van der Waals surface area (Å²) in [5.41, 5.74) is 2.29. The van der Waals surface area contributed by atoms with Crippen LogP contribution in [0, 0.1) is 5.82 Å². The number of fused-ring (bicyclic) bond motifs is 3. The number of anilines is 2. The van der Waals surface area contributed by atoms with E-state index in [0.717, 1.165) is 31.2 Å². The summed E-state index contributed by atoms with van der Waals surface area (Å²) in [5, 5.41) is 21.3. The Morgan fingerprint density at radius 3 is 2.67 bits per heavy atom. The highest BCUT2D eigenvalue weighted by Crippen LogP contribution is 2.53. The van der Waals surface area contributed by atoms with Gasteiger partial charge in [0.1, 0.15) is 24.1 Å². The molecule has 39 heavy (non-hydrogen) atoms. The first kappa shape index (κ1) is 27.5. The van der Waals surface area contributed by atoms with E-state index < -0.39 is 41.3 Å². The summed E-state index contributed by atoms with van der Waals surface area (Å²) < 4.78 is 26.9. The van der Waals surface area contributed by atoms with E-state index in [1.54, 1.807) is 0 Å². The Hall–Kier alpha value is -1.63. The quantitative estimate of drug-likeness (QED) is 0.200. The molecule has 1 aromatic carbocycles. The van der Waals surface area contributed by atoms with Gasteiger partial charge in [0.25, 0.3) is 0 Å². The second kappa shape index (κ2) is 10.6. The van der Waals surface area contributed by atoms with Crippen molar-refractivity contribution in [3.63, 3.8) is 0 Å². The van der Waals surface area contributed by atoms with Gasteiger partial charge in [0.2, 0.25) is 5.28 Å². The van der Waals surface area contributed by atoms with Gasteiger partial charge in [0, 0.05) is 17.6 Å². The predicted octanol–water partition coefficient (Wildman–Crippen LogP) is 2.78. The predicted molar refractivity (Wildman–Crippen MR) is 141 cm³/mol. The molecule has 3 aliphatic rings. The number of hydrogen-bond donors (Lipinski definition) is 5. The minimum Gasteiger partial charge on any atom is -0.387 e. The standard InChI is InChI=1S/C23H27ClFN5O7P2/c24-22-27-19(29-9-23(5-1-2-6-23)13-4-3-12(25)7-14(13)29)16-20(28-22)30(10-26-16)21-18(32)17(31)15(37-21)8-36-39(35)11-38(33)34/h3-4,7,10,15,17-18,21,31-35H,1-2,5-6,8-9,11H2. The van der Waals surface area contributed by atoms with Crippen LogP contribution in [0.25, 0.3) is 11.2 Å². The minimum atomic E-state index is -2.34. The lowest BCUT2D eigenvalue weighted by Crippen LogP contribution is -2.33. The zero-order valence-electron chi connectivity index (χ0n) is 20.5. The number of rotatable bonds is 7. The molecule has 2 aromatic heterocycles. The molecular weight excluding hydrogens is 575 g/mol. The summed E-state index contributed by atoms with van der Waals surface area (Å²) in [6.45, 7) is 0.307. The summed E-state index contributed by atoms with van der Waals surface area (Å²) in [4.78, 5) is 43.1. The van der Waals surface area contributed by atoms with E-state index >= 15 is 0 Å². The van der Waals surface area contributed by atoms with Crippen LogP contribution < -0.4 is 4.90 Å². The molecule has 12 nitrogen and oxygen atoms in total. The molecule has 5 atom stereocenters. The molecular formula is C23H27ClFN5O7P2. The molecule has 210 valence electrons. The molecule has 1 saturated heterocycles. The number of hydrogen-bond acceptors (Lipinski definition) is 11. The molecule has 0 bridgehead atoms. The van der Waals surface area contributed by atoms with E-state index in [0.29, 0.717) is 23.6 Å². The summed E-state index contributed by atoms with van der Waals surface area (Å²) in [6.07, 6.45) is 0.650. The Balaban J connectivity index is 1.32. The zero-order valence-corrected chi connectivity index (χ0v) is 23.1. The Morgan fingerprint density at radius 1 is 1.15 bits per heavy atom. The van der Waals surface area contributed by atoms with E-state index in [-0.39, 0.29) is 34.7 Å². The topological polar surface area (TPSA) is 166 Å². The summed E-state index contributed by atoms with van der Waals surface area (Å²) in [5.74, 6) is -0.279. The van der Waals surface area contributed by atoms with Crippen molar-refractivity contribution in [1.29, 1.82) is 0 Å². The number of ether oxygens (including phenoxy) is 1. The highest BCUT2D eigenvalue weighted by Gasteiger charge is 2.47. The summed E-state index contributed by atoms with van der Waals surface area (Å²) >= 11 is 6.37. The number of aliphatic hydroxyl groups excluding tert-OH is 2. The molecule has 6 rings (SSSR count). The van der Waals surface area contributed by atoms with Crippen LogP contribution in [-0.2, 0) is 14.7 Å². The Morgan fingerprint density at radius 2 is 1.92 bits per heavy atom. The van der Waals surface area contributed by atoms with Gasteiger partial charge >= 0.3 is 0 Å². The molecule has 0 radical (unpaired) electrons. The second-order valence-corrected chi connectivity index (χ2v) is 13.3. The number of nitrogens with zero attached hydrogens (tertiary/aromatic N) is 5. The second-order valence-electron chi connectivity index (χ2n) is 10.1. The van der Waals surface area contributed by atoms with Crippen LogP contribution in [0.5, 0.6) is 0 Å². The van der Waals surface area contributed by atoms with Crippen molar-refractivity contribution < 1.29 is 38.5 Å². The number of benzene rings is 1. The third kappa shape index (κ3) is 4.93. The van der Waals surface area contributed by atoms with Gasteiger partial charge in [-0.25, -0.2) is 9.37 Å². The molecule has 5 N–H and O–H groups in total. The number of halogens is 2. The third-order valence-corrected chi connectivity index (χ3v) is 10.3. The van der Waals surface area contributed by atoms with E-state index in [1.165, 1.54) is 23.0 Å². The maximum atomic E-state index is 14.4. The van der Waals surface area contributed by atoms with Gasteiger partial charge in [0.15, 0.2) is 40.0 Å². The maximum Gasteiger partial charge on any atom is 0.226 e. The fraction of sp³-hybridized carbons (Fsp3) is 0.522. The minimum absolute atomic E-state index is 0.0760. The van der Waals surface area contributed by atoms with E-state index in [4.69, 9.17) is 30.6 Å². The van der Waals surface area contributed by atoms with Crippen molar-refractivity contribution >= 4 is 51.0 Å². The molecule has 1 saturated carbocycles. The Labute approximate surface area is 229 Å². The molecule has 5 unspecified atom stereocenters. The van der Waals surface area contributed by atoms with Crippen molar-refractivity contribution in [2.24, 2.45) is 0 Å². The molecule has 16 heteroatoms. The first-order valence-electron chi connectivity index (χ1n) is 12.4. The van der Waals surface area contributed by atoms with Gasteiger partial charge in [-0.2, -0.15) is 9.97 Å². The van der Waals surface area contributed by atoms with Crippen LogP contribution >= 0.6 is 28.4 Å². The monoisotopic (exact) mass is 601 g/mol. The van der Waals surface area contributed by atoms with Crippen LogP contribution in [0.4, 0.5) is 15.9 Å². The average Bonchev–Trinajstić information content (AvgIpc) is 3.65. The molecule has 2 aliphatic heterocycles. The SMILES string of the molecule is OC1C(COP(O)CP(O)O)OC(n2cnc3c(N4CC5(CCCC5)c5ccc(F)cc54)nc(Cl)nc32)C1O. The van der Waals surface area contributed by atoms with Crippen molar-refractivity contribution in [2.75, 3.05) is 24.0 Å². The fourth-order valence-electron chi connectivity index (χ4n) is 5.97. The van der Waals surface area contributed by atoms with Gasteiger partial charge in [-0.3, -0.25) is 4.57 Å². The highest BCUT2D eigenvalue weighted by molar-refractivity contribution is 7.63. The van der Waals surface area contributed by atoms with Crippen LogP contribution in [0.1, 0.15) is 37.5 Å². The van der Waals surface area contributed by atoms with Crippen LogP contribution in [0.3, 0.4) is 0 Å². The lowest BCUT2D eigenvalue weighted by atomic mass is 9.81. The van der Waals surface area contributed by atoms with Crippen molar-refractivity contribution in [3.05, 3.63) is 41.2 Å². The average molecular weight is 602 g/mol. The number of imidazole rings is 1. The lowest BCUT2D eigenvalue weighted by molar-refractivity contribution is -0.0471. The smallest absolute Gasteiger partial charge is 0.226 e. The van der Waals surface area contributed by atoms with Crippen LogP contribution in [-0.4, -0.2) is 81.8 Å². The first-order chi connectivity index (χ1) is 18.7. The van der Waals surface area contributed by atoms with E-state index in [1.807, 2.05) is 11.0 Å². The van der Waals surface area contributed by atoms with Gasteiger partial charge in [0.05, 0.1) is 18.8 Å². The van der Waals surface area contributed by atoms with Gasteiger partial charge in [-0.05, 0) is 42.1 Å². The summed E-state index contributed by atoms with van der Waals surface area (Å²) in [6, 6.07) is 4.83. The van der Waals surface area contributed by atoms with Gasteiger partial charge < -0.3 is 39.1 Å². The molecule has 1 spiro atoms. The fourth-order valence-corrected chi connectivity index (χ4v) is 7.64. The Bertz CT molecular complexity index is 1380. The maximum absolute atomic E-state index is 14.4. The zero-order chi connectivity index (χ0) is 27.5. The van der Waals surface area contributed by atoms with Crippen LogP contribution in [0.2, 0.25) is 5.28 Å². The normalized spacial score (nSPS) is 26.8. The molecule has 4 heterocycles. The van der Waals surface area contributed by atoms with Gasteiger partial charge in [-0.15, -0.1) is 0 Å². The summed E-state index contributed by atoms with van der Waals surface area (Å²) in [7, 11) is -4.47. The number of aromatic nitrogens is 4. The van der Waals surface area contributed by atoms with Crippen molar-refractivity contribution in [2.45, 2.75) is 55.6 Å². The first-order valence-corrected chi connectivity index (χ1v) is 15.6. The van der Waals surface area contributed by atoms with Gasteiger partial charge in [-0.1, -0.05) is 18.9 Å². The molecule has 3 aromatic rings.